The van der Waals surface area contributed by atoms with E-state index in [2.05, 4.69) is 39.3 Å². The molecule has 24 heavy (non-hydrogen) atoms. The molecule has 0 bridgehead atoms. The number of hydrogen-bond donors (Lipinski definition) is 1. The maximum Gasteiger partial charge on any atom is 0.0951 e. The lowest BCUT2D eigenvalue weighted by Crippen LogP contribution is -2.40. The number of aromatic nitrogens is 2. The van der Waals surface area contributed by atoms with Gasteiger partial charge >= 0.3 is 0 Å². The van der Waals surface area contributed by atoms with Crippen molar-refractivity contribution < 1.29 is 5.11 Å². The second kappa shape index (κ2) is 6.67. The van der Waals surface area contributed by atoms with Crippen LogP contribution in [0.1, 0.15) is 29.2 Å². The predicted octanol–water partition coefficient (Wildman–Crippen LogP) is 1.59. The molecule has 1 aliphatic heterocycles. The number of benzene rings is 1. The fraction of sp³-hybridized carbons (Fsp3) is 0.526. The number of hydrogen-bond acceptors (Lipinski definition) is 4. The van der Waals surface area contributed by atoms with Crippen molar-refractivity contribution in [3.05, 3.63) is 53.3 Å². The van der Waals surface area contributed by atoms with Gasteiger partial charge < -0.3 is 5.11 Å². The normalized spacial score (nSPS) is 25.6. The fourth-order valence-corrected chi connectivity index (χ4v) is 4.17. The van der Waals surface area contributed by atoms with Crippen LogP contribution in [0.15, 0.2) is 36.7 Å². The summed E-state index contributed by atoms with van der Waals surface area (Å²) in [5.41, 5.74) is 3.71. The zero-order chi connectivity index (χ0) is 16.5. The van der Waals surface area contributed by atoms with Crippen LogP contribution >= 0.6 is 0 Å². The van der Waals surface area contributed by atoms with Gasteiger partial charge in [-0.25, -0.2) is 0 Å². The maximum atomic E-state index is 10.7. The third-order valence-electron chi connectivity index (χ3n) is 5.42. The van der Waals surface area contributed by atoms with E-state index in [-0.39, 0.29) is 12.1 Å². The largest absolute Gasteiger partial charge is 0.387 e. The summed E-state index contributed by atoms with van der Waals surface area (Å²) in [7, 11) is 1.97. The molecular weight excluding hydrogens is 300 g/mol. The molecule has 2 aliphatic rings. The van der Waals surface area contributed by atoms with Crippen LogP contribution in [0.5, 0.6) is 0 Å². The van der Waals surface area contributed by atoms with E-state index in [9.17, 15) is 5.11 Å². The summed E-state index contributed by atoms with van der Waals surface area (Å²) in [6.45, 7) is 5.22. The minimum Gasteiger partial charge on any atom is -0.387 e. The van der Waals surface area contributed by atoms with Gasteiger partial charge in [-0.05, 0) is 37.1 Å². The van der Waals surface area contributed by atoms with Gasteiger partial charge in [0.25, 0.3) is 0 Å². The third kappa shape index (κ3) is 3.11. The van der Waals surface area contributed by atoms with Crippen molar-refractivity contribution in [3.63, 3.8) is 0 Å². The van der Waals surface area contributed by atoms with Crippen LogP contribution in [0, 0.1) is 0 Å². The highest BCUT2D eigenvalue weighted by molar-refractivity contribution is 5.35. The first-order valence-corrected chi connectivity index (χ1v) is 8.90. The highest BCUT2D eigenvalue weighted by Crippen LogP contribution is 2.34. The molecule has 1 aromatic carbocycles. The second-order valence-corrected chi connectivity index (χ2v) is 7.10. The molecule has 5 nitrogen and oxygen atoms in total. The number of rotatable bonds is 3. The van der Waals surface area contributed by atoms with Gasteiger partial charge in [-0.1, -0.05) is 24.3 Å². The highest BCUT2D eigenvalue weighted by atomic mass is 16.3. The second-order valence-electron chi connectivity index (χ2n) is 7.10. The van der Waals surface area contributed by atoms with E-state index in [0.717, 1.165) is 51.1 Å². The van der Waals surface area contributed by atoms with E-state index in [0.29, 0.717) is 0 Å². The molecule has 1 fully saturated rings. The lowest BCUT2D eigenvalue weighted by molar-refractivity contribution is 0.0625. The Kier molecular flexibility index (Phi) is 4.39. The number of aliphatic hydroxyl groups excluding tert-OH is 1. The van der Waals surface area contributed by atoms with E-state index >= 15 is 0 Å². The zero-order valence-corrected chi connectivity index (χ0v) is 14.3. The van der Waals surface area contributed by atoms with E-state index in [1.807, 2.05) is 24.0 Å². The monoisotopic (exact) mass is 326 g/mol. The fourth-order valence-electron chi connectivity index (χ4n) is 4.17. The van der Waals surface area contributed by atoms with Crippen LogP contribution in [0.4, 0.5) is 0 Å². The Morgan fingerprint density at radius 1 is 1.17 bits per heavy atom. The summed E-state index contributed by atoms with van der Waals surface area (Å²) in [5, 5.41) is 15.0. The number of fused-ring (bicyclic) bond motifs is 1. The van der Waals surface area contributed by atoms with Crippen molar-refractivity contribution in [2.75, 3.05) is 26.2 Å². The van der Waals surface area contributed by atoms with Gasteiger partial charge in [0.1, 0.15) is 0 Å². The van der Waals surface area contributed by atoms with E-state index in [1.165, 1.54) is 11.1 Å². The summed E-state index contributed by atoms with van der Waals surface area (Å²) in [6, 6.07) is 8.58. The van der Waals surface area contributed by atoms with Crippen molar-refractivity contribution in [1.29, 1.82) is 0 Å². The molecule has 0 amide bonds. The lowest BCUT2D eigenvalue weighted by Gasteiger charge is -2.30. The van der Waals surface area contributed by atoms with Crippen molar-refractivity contribution >= 4 is 0 Å². The summed E-state index contributed by atoms with van der Waals surface area (Å²) in [5.74, 6) is 0. The molecule has 1 N–H and O–H groups in total. The van der Waals surface area contributed by atoms with Crippen LogP contribution in [-0.4, -0.2) is 56.9 Å². The number of nitrogens with zero attached hydrogens (tertiary/aromatic N) is 4. The quantitative estimate of drug-likeness (QED) is 0.930. The molecule has 2 heterocycles. The van der Waals surface area contributed by atoms with Gasteiger partial charge in [0.05, 0.1) is 12.3 Å². The van der Waals surface area contributed by atoms with Crippen molar-refractivity contribution in [2.24, 2.45) is 7.05 Å². The van der Waals surface area contributed by atoms with Crippen LogP contribution in [-0.2, 0) is 20.0 Å². The van der Waals surface area contributed by atoms with Crippen molar-refractivity contribution in [1.82, 2.24) is 19.6 Å². The Labute approximate surface area is 143 Å². The Morgan fingerprint density at radius 3 is 2.83 bits per heavy atom. The van der Waals surface area contributed by atoms with E-state index < -0.39 is 0 Å². The predicted molar refractivity (Wildman–Crippen MR) is 93.6 cm³/mol. The van der Waals surface area contributed by atoms with Crippen LogP contribution in [0.2, 0.25) is 0 Å². The van der Waals surface area contributed by atoms with Crippen LogP contribution in [0.3, 0.4) is 0 Å². The van der Waals surface area contributed by atoms with Crippen molar-refractivity contribution in [3.8, 4) is 0 Å². The molecule has 0 spiro atoms. The Balaban J connectivity index is 1.39. The average molecular weight is 326 g/mol. The molecule has 1 aliphatic carbocycles. The topological polar surface area (TPSA) is 44.5 Å². The molecule has 0 saturated carbocycles. The summed E-state index contributed by atoms with van der Waals surface area (Å²) in [4.78, 5) is 5.00. The lowest BCUT2D eigenvalue weighted by atomic mass is 10.1. The van der Waals surface area contributed by atoms with Gasteiger partial charge in [0.15, 0.2) is 0 Å². The Morgan fingerprint density at radius 2 is 2.04 bits per heavy atom. The molecular formula is C19H26N4O. The minimum atomic E-state index is -0.342. The Bertz CT molecular complexity index is 698. The molecule has 5 heteroatoms. The molecule has 1 saturated heterocycles. The average Bonchev–Trinajstić information content (AvgIpc) is 3.05. The van der Waals surface area contributed by atoms with Crippen LogP contribution in [0.25, 0.3) is 0 Å². The van der Waals surface area contributed by atoms with Gasteiger partial charge in [-0.3, -0.25) is 14.5 Å². The highest BCUT2D eigenvalue weighted by Gasteiger charge is 2.35. The first-order chi connectivity index (χ1) is 11.7. The Hall–Kier alpha value is -1.69. The standard InChI is InChI=1S/C19H26N4O/c1-21-13-15(12-20-21)14-22-7-4-8-23(10-9-22)18-11-16-5-2-3-6-17(16)19(18)24/h2-3,5-6,12-13,18-19,24H,4,7-11,14H2,1H3/t18-,19-/m0/s1. The van der Waals surface area contributed by atoms with Gasteiger partial charge in [-0.15, -0.1) is 0 Å². The SMILES string of the molecule is Cn1cc(CN2CCCN([C@H]3Cc4ccccc4[C@@H]3O)CC2)cn1. The molecule has 2 atom stereocenters. The summed E-state index contributed by atoms with van der Waals surface area (Å²) in [6.07, 6.45) is 5.84. The molecule has 128 valence electrons. The molecule has 0 unspecified atom stereocenters. The third-order valence-corrected chi connectivity index (χ3v) is 5.42. The van der Waals surface area contributed by atoms with E-state index in [1.54, 1.807) is 0 Å². The first-order valence-electron chi connectivity index (χ1n) is 8.90. The zero-order valence-electron chi connectivity index (χ0n) is 14.3. The molecule has 4 rings (SSSR count). The van der Waals surface area contributed by atoms with Gasteiger partial charge in [0, 0.05) is 44.5 Å². The van der Waals surface area contributed by atoms with E-state index in [4.69, 9.17) is 0 Å². The van der Waals surface area contributed by atoms with Gasteiger partial charge in [-0.2, -0.15) is 5.10 Å². The minimum absolute atomic E-state index is 0.237. The molecule has 1 aromatic heterocycles. The maximum absolute atomic E-state index is 10.7. The van der Waals surface area contributed by atoms with Gasteiger partial charge in [0.2, 0.25) is 0 Å². The number of aryl methyl sites for hydroxylation is 1. The van der Waals surface area contributed by atoms with Crippen molar-refractivity contribution in [2.45, 2.75) is 31.5 Å². The number of aliphatic hydroxyl groups is 1. The first kappa shape index (κ1) is 15.8. The molecule has 2 aromatic rings. The molecule has 0 radical (unpaired) electrons. The summed E-state index contributed by atoms with van der Waals surface area (Å²) >= 11 is 0. The smallest absolute Gasteiger partial charge is 0.0951 e. The summed E-state index contributed by atoms with van der Waals surface area (Å²) < 4.78 is 1.87. The van der Waals surface area contributed by atoms with Crippen LogP contribution < -0.4 is 0 Å².